The quantitative estimate of drug-likeness (QED) is 0.894. The molecule has 1 aromatic rings. The number of hydrogen-bond acceptors (Lipinski definition) is 3. The summed E-state index contributed by atoms with van der Waals surface area (Å²) in [5.74, 6) is 1.77. The van der Waals surface area contributed by atoms with Crippen molar-refractivity contribution < 1.29 is 0 Å². The molecule has 1 fully saturated rings. The topological polar surface area (TPSA) is 33.1 Å². The first-order valence-electron chi connectivity index (χ1n) is 8.08. The molecule has 0 radical (unpaired) electrons. The van der Waals surface area contributed by atoms with Gasteiger partial charge in [-0.15, -0.1) is 0 Å². The molecule has 2 aliphatic rings. The van der Waals surface area contributed by atoms with E-state index >= 15 is 0 Å². The zero-order chi connectivity index (χ0) is 14.3. The molecule has 1 atom stereocenters. The Kier molecular flexibility index (Phi) is 3.87. The third-order valence-corrected chi connectivity index (χ3v) is 4.80. The molecule has 0 saturated heterocycles. The van der Waals surface area contributed by atoms with Gasteiger partial charge in [-0.2, -0.15) is 0 Å². The molecular weight excluding hydrogens is 248 g/mol. The molecule has 1 aromatic heterocycles. The van der Waals surface area contributed by atoms with E-state index in [1.165, 1.54) is 30.1 Å². The van der Waals surface area contributed by atoms with Gasteiger partial charge in [-0.05, 0) is 26.8 Å². The Balaban J connectivity index is 1.84. The number of nitrogens with zero attached hydrogens (tertiary/aromatic N) is 3. The smallest absolute Gasteiger partial charge is 0.111 e. The summed E-state index contributed by atoms with van der Waals surface area (Å²) in [5.41, 5.74) is 2.75. The van der Waals surface area contributed by atoms with Gasteiger partial charge in [-0.25, -0.2) is 4.98 Å². The zero-order valence-corrected chi connectivity index (χ0v) is 13.3. The first kappa shape index (κ1) is 14.1. The minimum absolute atomic E-state index is 0.499. The summed E-state index contributed by atoms with van der Waals surface area (Å²) in [5, 5.41) is 3.44. The maximum Gasteiger partial charge on any atom is 0.111 e. The molecule has 1 unspecified atom stereocenters. The van der Waals surface area contributed by atoms with Crippen LogP contribution in [0.15, 0.2) is 0 Å². The van der Waals surface area contributed by atoms with Crippen molar-refractivity contribution in [3.8, 4) is 0 Å². The van der Waals surface area contributed by atoms with Crippen molar-refractivity contribution in [2.75, 3.05) is 13.6 Å². The van der Waals surface area contributed by atoms with Crippen LogP contribution in [-0.2, 0) is 19.5 Å². The molecule has 4 heteroatoms. The molecule has 1 saturated carbocycles. The minimum Gasteiger partial charge on any atom is -0.330 e. The Labute approximate surface area is 122 Å². The van der Waals surface area contributed by atoms with Crippen LogP contribution in [0.3, 0.4) is 0 Å². The van der Waals surface area contributed by atoms with Crippen LogP contribution < -0.4 is 5.32 Å². The first-order chi connectivity index (χ1) is 9.58. The number of hydrogen-bond donors (Lipinski definition) is 1. The highest BCUT2D eigenvalue weighted by atomic mass is 15.2. The van der Waals surface area contributed by atoms with Crippen LogP contribution in [-0.4, -0.2) is 40.1 Å². The Morgan fingerprint density at radius 3 is 2.75 bits per heavy atom. The van der Waals surface area contributed by atoms with E-state index in [4.69, 9.17) is 4.98 Å². The molecule has 112 valence electrons. The van der Waals surface area contributed by atoms with Gasteiger partial charge in [-0.3, -0.25) is 4.90 Å². The number of aromatic nitrogens is 2. The summed E-state index contributed by atoms with van der Waals surface area (Å²) in [4.78, 5) is 7.46. The molecule has 2 heterocycles. The Bertz CT molecular complexity index is 473. The van der Waals surface area contributed by atoms with E-state index in [-0.39, 0.29) is 0 Å². The van der Waals surface area contributed by atoms with Gasteiger partial charge in [0, 0.05) is 49.8 Å². The fourth-order valence-corrected chi connectivity index (χ4v) is 3.27. The molecule has 0 bridgehead atoms. The highest BCUT2D eigenvalue weighted by Crippen LogP contribution is 2.28. The molecule has 20 heavy (non-hydrogen) atoms. The van der Waals surface area contributed by atoms with Gasteiger partial charge in [-0.1, -0.05) is 13.8 Å². The maximum atomic E-state index is 4.91. The monoisotopic (exact) mass is 276 g/mol. The predicted octanol–water partition coefficient (Wildman–Crippen LogP) is 2.13. The van der Waals surface area contributed by atoms with Crippen molar-refractivity contribution in [2.45, 2.75) is 71.1 Å². The number of fused-ring (bicyclic) bond motifs is 1. The van der Waals surface area contributed by atoms with Gasteiger partial charge in [0.25, 0.3) is 0 Å². The van der Waals surface area contributed by atoms with Crippen LogP contribution in [0, 0.1) is 0 Å². The summed E-state index contributed by atoms with van der Waals surface area (Å²) in [6, 6.07) is 1.42. The van der Waals surface area contributed by atoms with E-state index in [1.807, 2.05) is 0 Å². The van der Waals surface area contributed by atoms with Gasteiger partial charge in [0.15, 0.2) is 0 Å². The maximum absolute atomic E-state index is 4.91. The van der Waals surface area contributed by atoms with Gasteiger partial charge >= 0.3 is 0 Å². The minimum atomic E-state index is 0.499. The Morgan fingerprint density at radius 2 is 2.10 bits per heavy atom. The lowest BCUT2D eigenvalue weighted by Gasteiger charge is -2.27. The predicted molar refractivity (Wildman–Crippen MR) is 82.0 cm³/mol. The van der Waals surface area contributed by atoms with Crippen LogP contribution in [0.2, 0.25) is 0 Å². The summed E-state index contributed by atoms with van der Waals surface area (Å²) in [6.45, 7) is 9.98. The van der Waals surface area contributed by atoms with E-state index in [2.05, 4.69) is 42.6 Å². The highest BCUT2D eigenvalue weighted by molar-refractivity contribution is 5.22. The average molecular weight is 276 g/mol. The largest absolute Gasteiger partial charge is 0.330 e. The van der Waals surface area contributed by atoms with Crippen molar-refractivity contribution in [3.63, 3.8) is 0 Å². The summed E-state index contributed by atoms with van der Waals surface area (Å²) in [7, 11) is 2.28. The summed E-state index contributed by atoms with van der Waals surface area (Å²) in [6.07, 6.45) is 3.88. The lowest BCUT2D eigenvalue weighted by atomic mass is 10.1. The fraction of sp³-hybridized carbons (Fsp3) is 0.812. The zero-order valence-electron chi connectivity index (χ0n) is 13.3. The van der Waals surface area contributed by atoms with E-state index in [0.29, 0.717) is 12.0 Å². The second-order valence-corrected chi connectivity index (χ2v) is 6.80. The lowest BCUT2D eigenvalue weighted by molar-refractivity contribution is 0.222. The van der Waals surface area contributed by atoms with Gasteiger partial charge in [0.2, 0.25) is 0 Å². The molecule has 1 N–H and O–H groups in total. The van der Waals surface area contributed by atoms with Crippen molar-refractivity contribution in [3.05, 3.63) is 17.2 Å². The van der Waals surface area contributed by atoms with Crippen LogP contribution >= 0.6 is 0 Å². The third-order valence-electron chi connectivity index (χ3n) is 4.80. The summed E-state index contributed by atoms with van der Waals surface area (Å²) < 4.78 is 2.52. The number of imidazole rings is 1. The highest BCUT2D eigenvalue weighted by Gasteiger charge is 2.30. The van der Waals surface area contributed by atoms with Crippen molar-refractivity contribution in [2.24, 2.45) is 0 Å². The summed E-state index contributed by atoms with van der Waals surface area (Å²) >= 11 is 0. The SMILES string of the molecule is CC(C)c1nc2c(n1CC(C)N(C)C1CC1)CCNC2. The number of likely N-dealkylation sites (N-methyl/N-ethyl adjacent to an activating group) is 1. The lowest BCUT2D eigenvalue weighted by Crippen LogP contribution is -2.36. The number of rotatable bonds is 5. The molecule has 1 aliphatic heterocycles. The van der Waals surface area contributed by atoms with Crippen molar-refractivity contribution in [1.82, 2.24) is 19.8 Å². The fourth-order valence-electron chi connectivity index (χ4n) is 3.27. The Hall–Kier alpha value is -0.870. The molecule has 0 aromatic carbocycles. The van der Waals surface area contributed by atoms with Gasteiger partial charge in [0.1, 0.15) is 5.82 Å². The molecule has 4 nitrogen and oxygen atoms in total. The molecular formula is C16H28N4. The second kappa shape index (κ2) is 5.49. The van der Waals surface area contributed by atoms with E-state index < -0.39 is 0 Å². The van der Waals surface area contributed by atoms with Crippen LogP contribution in [0.1, 0.15) is 56.7 Å². The van der Waals surface area contributed by atoms with Crippen LogP contribution in [0.5, 0.6) is 0 Å². The first-order valence-corrected chi connectivity index (χ1v) is 8.08. The number of nitrogens with one attached hydrogen (secondary N) is 1. The molecule has 1 aliphatic carbocycles. The second-order valence-electron chi connectivity index (χ2n) is 6.80. The van der Waals surface area contributed by atoms with E-state index in [1.54, 1.807) is 0 Å². The molecule has 0 amide bonds. The van der Waals surface area contributed by atoms with E-state index in [0.717, 1.165) is 32.1 Å². The molecule has 0 spiro atoms. The van der Waals surface area contributed by atoms with E-state index in [9.17, 15) is 0 Å². The van der Waals surface area contributed by atoms with Crippen LogP contribution in [0.25, 0.3) is 0 Å². The Morgan fingerprint density at radius 1 is 1.35 bits per heavy atom. The van der Waals surface area contributed by atoms with Crippen LogP contribution in [0.4, 0.5) is 0 Å². The standard InChI is InChI=1S/C16H28N4/c1-11(2)16-18-14-9-17-8-7-15(14)20(16)10-12(3)19(4)13-5-6-13/h11-13,17H,5-10H2,1-4H3. The normalized spacial score (nSPS) is 20.5. The van der Waals surface area contributed by atoms with Crippen molar-refractivity contribution >= 4 is 0 Å². The van der Waals surface area contributed by atoms with Crippen molar-refractivity contribution in [1.29, 1.82) is 0 Å². The molecule has 3 rings (SSSR count). The average Bonchev–Trinajstić information content (AvgIpc) is 3.21. The third kappa shape index (κ3) is 2.63. The van der Waals surface area contributed by atoms with Gasteiger partial charge in [0.05, 0.1) is 5.69 Å². The van der Waals surface area contributed by atoms with Gasteiger partial charge < -0.3 is 9.88 Å².